The van der Waals surface area contributed by atoms with Crippen molar-refractivity contribution in [3.05, 3.63) is 70.8 Å². The minimum atomic E-state index is -0.266. The molecule has 2 aromatic rings. The van der Waals surface area contributed by atoms with Crippen LogP contribution in [0.2, 0.25) is 0 Å². The largest absolute Gasteiger partial charge is 0.422 e. The molecule has 1 aliphatic heterocycles. The van der Waals surface area contributed by atoms with Crippen molar-refractivity contribution in [1.82, 2.24) is 0 Å². The Balaban J connectivity index is 1.77. The SMILES string of the molecule is CCCCCc1ccc(C=C2OC(=O)c3ccccc32)cc1. The van der Waals surface area contributed by atoms with Gasteiger partial charge in [-0.1, -0.05) is 62.2 Å². The van der Waals surface area contributed by atoms with E-state index < -0.39 is 0 Å². The van der Waals surface area contributed by atoms with Crippen molar-refractivity contribution >= 4 is 17.8 Å². The van der Waals surface area contributed by atoms with Gasteiger partial charge in [-0.05, 0) is 36.1 Å². The monoisotopic (exact) mass is 292 g/mol. The third-order valence-electron chi connectivity index (χ3n) is 3.96. The first-order valence-corrected chi connectivity index (χ1v) is 7.90. The highest BCUT2D eigenvalue weighted by Crippen LogP contribution is 2.30. The molecule has 2 heteroatoms. The van der Waals surface area contributed by atoms with Crippen LogP contribution in [0.15, 0.2) is 48.5 Å². The summed E-state index contributed by atoms with van der Waals surface area (Å²) < 4.78 is 5.37. The number of esters is 1. The number of aryl methyl sites for hydroxylation is 1. The van der Waals surface area contributed by atoms with Crippen molar-refractivity contribution in [1.29, 1.82) is 0 Å². The summed E-state index contributed by atoms with van der Waals surface area (Å²) in [5.74, 6) is 0.373. The summed E-state index contributed by atoms with van der Waals surface area (Å²) in [6, 6.07) is 16.0. The van der Waals surface area contributed by atoms with E-state index in [1.165, 1.54) is 24.8 Å². The normalized spacial score (nSPS) is 15.0. The highest BCUT2D eigenvalue weighted by Gasteiger charge is 2.25. The minimum Gasteiger partial charge on any atom is -0.422 e. The Bertz CT molecular complexity index is 696. The molecule has 0 aromatic heterocycles. The minimum absolute atomic E-state index is 0.266. The van der Waals surface area contributed by atoms with Crippen LogP contribution >= 0.6 is 0 Å². The van der Waals surface area contributed by atoms with Gasteiger partial charge in [-0.15, -0.1) is 0 Å². The van der Waals surface area contributed by atoms with E-state index in [9.17, 15) is 4.79 Å². The molecule has 2 nitrogen and oxygen atoms in total. The fourth-order valence-electron chi connectivity index (χ4n) is 2.70. The van der Waals surface area contributed by atoms with Gasteiger partial charge in [0.15, 0.2) is 0 Å². The van der Waals surface area contributed by atoms with Crippen LogP contribution in [-0.2, 0) is 11.2 Å². The highest BCUT2D eigenvalue weighted by molar-refractivity contribution is 6.05. The summed E-state index contributed by atoms with van der Waals surface area (Å²) >= 11 is 0. The average molecular weight is 292 g/mol. The second-order valence-electron chi connectivity index (χ2n) is 5.64. The van der Waals surface area contributed by atoms with Crippen molar-refractivity contribution in [2.24, 2.45) is 0 Å². The molecule has 0 fully saturated rings. The van der Waals surface area contributed by atoms with E-state index in [0.717, 1.165) is 17.5 Å². The number of benzene rings is 2. The van der Waals surface area contributed by atoms with Gasteiger partial charge >= 0.3 is 5.97 Å². The van der Waals surface area contributed by atoms with Crippen LogP contribution in [-0.4, -0.2) is 5.97 Å². The smallest absolute Gasteiger partial charge is 0.344 e. The molecule has 0 saturated carbocycles. The molecule has 22 heavy (non-hydrogen) atoms. The van der Waals surface area contributed by atoms with Gasteiger partial charge in [0.25, 0.3) is 0 Å². The molecule has 0 aliphatic carbocycles. The van der Waals surface area contributed by atoms with Crippen molar-refractivity contribution in [2.75, 3.05) is 0 Å². The molecule has 3 rings (SSSR count). The number of carbonyl (C=O) groups is 1. The first-order chi connectivity index (χ1) is 10.8. The Labute approximate surface area is 131 Å². The molecular formula is C20H20O2. The molecule has 112 valence electrons. The standard InChI is InChI=1S/C20H20O2/c1-2-3-4-7-15-10-12-16(13-11-15)14-19-17-8-5-6-9-18(17)20(21)22-19/h5-6,8-14H,2-4,7H2,1H3. The van der Waals surface area contributed by atoms with Crippen LogP contribution in [0.25, 0.3) is 11.8 Å². The second-order valence-corrected chi connectivity index (χ2v) is 5.64. The van der Waals surface area contributed by atoms with Crippen LogP contribution in [0.1, 0.15) is 53.2 Å². The van der Waals surface area contributed by atoms with Gasteiger partial charge in [0.1, 0.15) is 5.76 Å². The van der Waals surface area contributed by atoms with Gasteiger partial charge in [0.2, 0.25) is 0 Å². The Morgan fingerprint density at radius 2 is 1.68 bits per heavy atom. The van der Waals surface area contributed by atoms with Gasteiger partial charge in [-0.2, -0.15) is 0 Å². The first-order valence-electron chi connectivity index (χ1n) is 7.90. The molecule has 2 aromatic carbocycles. The lowest BCUT2D eigenvalue weighted by molar-refractivity contribution is 0.0717. The summed E-state index contributed by atoms with van der Waals surface area (Å²) in [6.45, 7) is 2.22. The first kappa shape index (κ1) is 14.6. The third kappa shape index (κ3) is 3.11. The molecule has 0 unspecified atom stereocenters. The van der Waals surface area contributed by atoms with E-state index in [4.69, 9.17) is 4.74 Å². The Kier molecular flexibility index (Phi) is 4.38. The number of hydrogen-bond donors (Lipinski definition) is 0. The Hall–Kier alpha value is -2.35. The van der Waals surface area contributed by atoms with Crippen LogP contribution < -0.4 is 0 Å². The predicted octanol–water partition coefficient (Wildman–Crippen LogP) is 5.09. The van der Waals surface area contributed by atoms with Gasteiger partial charge < -0.3 is 4.74 Å². The zero-order chi connectivity index (χ0) is 15.4. The number of carbonyl (C=O) groups excluding carboxylic acids is 1. The maximum Gasteiger partial charge on any atom is 0.344 e. The summed E-state index contributed by atoms with van der Waals surface area (Å²) in [6.07, 6.45) is 6.82. The summed E-state index contributed by atoms with van der Waals surface area (Å²) in [7, 11) is 0. The molecule has 0 radical (unpaired) electrons. The molecule has 0 amide bonds. The zero-order valence-corrected chi connectivity index (χ0v) is 12.8. The summed E-state index contributed by atoms with van der Waals surface area (Å²) in [5.41, 5.74) is 3.93. The third-order valence-corrected chi connectivity index (χ3v) is 3.96. The van der Waals surface area contributed by atoms with E-state index in [0.29, 0.717) is 11.3 Å². The molecule has 1 heterocycles. The topological polar surface area (TPSA) is 26.3 Å². The molecule has 0 atom stereocenters. The lowest BCUT2D eigenvalue weighted by Gasteiger charge is -2.03. The van der Waals surface area contributed by atoms with E-state index in [1.807, 2.05) is 24.3 Å². The average Bonchev–Trinajstić information content (AvgIpc) is 2.86. The summed E-state index contributed by atoms with van der Waals surface area (Å²) in [4.78, 5) is 11.8. The molecule has 0 spiro atoms. The lowest BCUT2D eigenvalue weighted by atomic mass is 10.0. The van der Waals surface area contributed by atoms with Gasteiger partial charge in [-0.25, -0.2) is 4.79 Å². The number of rotatable bonds is 5. The number of unbranched alkanes of at least 4 members (excludes halogenated alkanes) is 2. The zero-order valence-electron chi connectivity index (χ0n) is 12.8. The number of ether oxygens (including phenoxy) is 1. The maximum atomic E-state index is 11.8. The van der Waals surface area contributed by atoms with Crippen LogP contribution in [0, 0.1) is 0 Å². The number of hydrogen-bond acceptors (Lipinski definition) is 2. The van der Waals surface area contributed by atoms with E-state index in [2.05, 4.69) is 31.2 Å². The fourth-order valence-corrected chi connectivity index (χ4v) is 2.70. The highest BCUT2D eigenvalue weighted by atomic mass is 16.5. The fraction of sp³-hybridized carbons (Fsp3) is 0.250. The molecular weight excluding hydrogens is 272 g/mol. The van der Waals surface area contributed by atoms with Crippen molar-refractivity contribution in [2.45, 2.75) is 32.6 Å². The number of cyclic esters (lactones) is 1. The van der Waals surface area contributed by atoms with Gasteiger partial charge in [-0.3, -0.25) is 0 Å². The van der Waals surface area contributed by atoms with Crippen molar-refractivity contribution in [3.8, 4) is 0 Å². The van der Waals surface area contributed by atoms with E-state index in [1.54, 1.807) is 6.07 Å². The van der Waals surface area contributed by atoms with Crippen molar-refractivity contribution < 1.29 is 9.53 Å². The lowest BCUT2D eigenvalue weighted by Crippen LogP contribution is -1.92. The molecule has 0 bridgehead atoms. The van der Waals surface area contributed by atoms with Crippen LogP contribution in [0.5, 0.6) is 0 Å². The van der Waals surface area contributed by atoms with E-state index in [-0.39, 0.29) is 5.97 Å². The molecule has 0 saturated heterocycles. The maximum absolute atomic E-state index is 11.8. The Morgan fingerprint density at radius 1 is 0.955 bits per heavy atom. The van der Waals surface area contributed by atoms with Crippen LogP contribution in [0.3, 0.4) is 0 Å². The quantitative estimate of drug-likeness (QED) is 0.567. The molecule has 1 aliphatic rings. The predicted molar refractivity (Wildman–Crippen MR) is 89.4 cm³/mol. The summed E-state index contributed by atoms with van der Waals surface area (Å²) in [5, 5.41) is 0. The van der Waals surface area contributed by atoms with Crippen molar-refractivity contribution in [3.63, 3.8) is 0 Å². The number of fused-ring (bicyclic) bond motifs is 1. The van der Waals surface area contributed by atoms with Crippen LogP contribution in [0.4, 0.5) is 0 Å². The van der Waals surface area contributed by atoms with Gasteiger partial charge in [0.05, 0.1) is 5.56 Å². The Morgan fingerprint density at radius 3 is 2.41 bits per heavy atom. The second kappa shape index (κ2) is 6.61. The van der Waals surface area contributed by atoms with E-state index >= 15 is 0 Å². The van der Waals surface area contributed by atoms with Gasteiger partial charge in [0, 0.05) is 5.56 Å². The molecule has 0 N–H and O–H groups in total.